The summed E-state index contributed by atoms with van der Waals surface area (Å²) in [5.41, 5.74) is 1.15. The molecule has 1 nitrogen and oxygen atoms in total. The topological polar surface area (TPSA) is 9.23 Å². The smallest absolute Gasteiger partial charge is 0.122 e. The summed E-state index contributed by atoms with van der Waals surface area (Å²) >= 11 is 8.41. The fraction of sp³-hybridized carbons (Fsp3) is 0.333. The maximum absolute atomic E-state index is 5.18. The van der Waals surface area contributed by atoms with Gasteiger partial charge in [-0.15, -0.1) is 0 Å². The first-order valence-corrected chi connectivity index (χ1v) is 4.75. The summed E-state index contributed by atoms with van der Waals surface area (Å²) in [7, 11) is 1.67. The lowest BCUT2D eigenvalue weighted by Gasteiger charge is -2.08. The van der Waals surface area contributed by atoms with Crippen LogP contribution in [0, 0.1) is 0 Å². The highest BCUT2D eigenvalue weighted by Gasteiger charge is 2.03. The van der Waals surface area contributed by atoms with E-state index in [1.54, 1.807) is 7.11 Å². The summed E-state index contributed by atoms with van der Waals surface area (Å²) in [6, 6.07) is 7.91. The van der Waals surface area contributed by atoms with Crippen LogP contribution in [0.3, 0.4) is 0 Å². The van der Waals surface area contributed by atoms with E-state index in [0.29, 0.717) is 0 Å². The molecule has 1 rings (SSSR count). The molecule has 0 amide bonds. The van der Waals surface area contributed by atoms with Crippen molar-refractivity contribution in [1.29, 1.82) is 0 Å². The minimum absolute atomic E-state index is 0.0706. The maximum Gasteiger partial charge on any atom is 0.122 e. The van der Waals surface area contributed by atoms with Gasteiger partial charge in [0.25, 0.3) is 0 Å². The number of hydrogen-bond acceptors (Lipinski definition) is 3. The number of ether oxygens (including phenoxy) is 1. The van der Waals surface area contributed by atoms with Crippen LogP contribution in [0.2, 0.25) is 0 Å². The lowest BCUT2D eigenvalue weighted by molar-refractivity contribution is 0.410. The van der Waals surface area contributed by atoms with Crippen molar-refractivity contribution in [3.05, 3.63) is 29.8 Å². The molecule has 0 aliphatic heterocycles. The van der Waals surface area contributed by atoms with Gasteiger partial charge in [0.15, 0.2) is 0 Å². The third kappa shape index (κ3) is 2.64. The lowest BCUT2D eigenvalue weighted by Crippen LogP contribution is -1.97. The number of hydrogen-bond donors (Lipinski definition) is 2. The quantitative estimate of drug-likeness (QED) is 0.563. The zero-order chi connectivity index (χ0) is 8.97. The average molecular weight is 200 g/mol. The standard InChI is InChI=1S/C9H12OS2/c1-10-8-5-3-2-4-7(8)6-9(11)12/h2-5,9,11-12H,6H2,1H3. The molecule has 0 heterocycles. The van der Waals surface area contributed by atoms with Gasteiger partial charge in [-0.25, -0.2) is 0 Å². The van der Waals surface area contributed by atoms with Crippen LogP contribution < -0.4 is 4.74 Å². The minimum atomic E-state index is 0.0706. The van der Waals surface area contributed by atoms with Crippen LogP contribution in [0.5, 0.6) is 5.75 Å². The molecule has 0 saturated carbocycles. The number of thiol groups is 2. The van der Waals surface area contributed by atoms with Crippen molar-refractivity contribution >= 4 is 25.3 Å². The molecule has 0 saturated heterocycles. The van der Waals surface area contributed by atoms with Gasteiger partial charge in [0.05, 0.1) is 7.11 Å². The average Bonchev–Trinajstić information content (AvgIpc) is 2.04. The molecule has 66 valence electrons. The van der Waals surface area contributed by atoms with Gasteiger partial charge in [0, 0.05) is 4.58 Å². The monoisotopic (exact) mass is 200 g/mol. The van der Waals surface area contributed by atoms with Crippen LogP contribution in [0.1, 0.15) is 5.56 Å². The van der Waals surface area contributed by atoms with E-state index in [2.05, 4.69) is 25.3 Å². The number of benzene rings is 1. The summed E-state index contributed by atoms with van der Waals surface area (Å²) in [6.45, 7) is 0. The predicted octanol–water partition coefficient (Wildman–Crippen LogP) is 2.42. The van der Waals surface area contributed by atoms with Crippen molar-refractivity contribution in [3.8, 4) is 5.75 Å². The van der Waals surface area contributed by atoms with E-state index >= 15 is 0 Å². The zero-order valence-corrected chi connectivity index (χ0v) is 8.69. The van der Waals surface area contributed by atoms with Gasteiger partial charge in [-0.3, -0.25) is 0 Å². The van der Waals surface area contributed by atoms with E-state index in [1.165, 1.54) is 0 Å². The molecule has 0 fully saturated rings. The molecular formula is C9H12OS2. The molecule has 0 unspecified atom stereocenters. The first-order valence-electron chi connectivity index (χ1n) is 3.72. The first-order chi connectivity index (χ1) is 5.74. The molecule has 3 heteroatoms. The van der Waals surface area contributed by atoms with Crippen molar-refractivity contribution in [2.75, 3.05) is 7.11 Å². The largest absolute Gasteiger partial charge is 0.496 e. The Hall–Kier alpha value is -0.280. The molecule has 0 bridgehead atoms. The molecule has 1 aromatic rings. The second-order valence-electron chi connectivity index (χ2n) is 2.50. The van der Waals surface area contributed by atoms with Gasteiger partial charge in [0.2, 0.25) is 0 Å². The molecule has 0 radical (unpaired) electrons. The summed E-state index contributed by atoms with van der Waals surface area (Å²) < 4.78 is 5.25. The first kappa shape index (κ1) is 9.81. The van der Waals surface area contributed by atoms with Gasteiger partial charge >= 0.3 is 0 Å². The molecule has 0 N–H and O–H groups in total. The molecular weight excluding hydrogens is 188 g/mol. The van der Waals surface area contributed by atoms with Crippen LogP contribution in [-0.4, -0.2) is 11.7 Å². The Balaban J connectivity index is 2.82. The van der Waals surface area contributed by atoms with E-state index < -0.39 is 0 Å². The van der Waals surface area contributed by atoms with Crippen LogP contribution in [0.4, 0.5) is 0 Å². The minimum Gasteiger partial charge on any atom is -0.496 e. The van der Waals surface area contributed by atoms with Crippen molar-refractivity contribution in [3.63, 3.8) is 0 Å². The number of rotatable bonds is 3. The van der Waals surface area contributed by atoms with Crippen LogP contribution in [0.25, 0.3) is 0 Å². The van der Waals surface area contributed by atoms with Crippen molar-refractivity contribution in [2.45, 2.75) is 11.0 Å². The molecule has 0 spiro atoms. The van der Waals surface area contributed by atoms with Crippen LogP contribution >= 0.6 is 25.3 Å². The molecule has 0 aromatic heterocycles. The Morgan fingerprint density at radius 1 is 1.33 bits per heavy atom. The molecule has 0 aliphatic carbocycles. The second kappa shape index (κ2) is 4.67. The Morgan fingerprint density at radius 2 is 2.00 bits per heavy atom. The highest BCUT2D eigenvalue weighted by atomic mass is 32.2. The maximum atomic E-state index is 5.18. The highest BCUT2D eigenvalue weighted by Crippen LogP contribution is 2.21. The Bertz CT molecular complexity index is 248. The summed E-state index contributed by atoms with van der Waals surface area (Å²) in [6.07, 6.45) is 0.816. The van der Waals surface area contributed by atoms with Gasteiger partial charge in [0.1, 0.15) is 5.75 Å². The number of methoxy groups -OCH3 is 1. The second-order valence-corrected chi connectivity index (χ2v) is 4.15. The van der Waals surface area contributed by atoms with Gasteiger partial charge < -0.3 is 4.74 Å². The molecule has 0 aliphatic rings. The van der Waals surface area contributed by atoms with E-state index in [1.807, 2.05) is 24.3 Å². The normalized spacial score (nSPS) is 10.3. The third-order valence-corrected chi connectivity index (χ3v) is 1.96. The van der Waals surface area contributed by atoms with Gasteiger partial charge in [-0.1, -0.05) is 18.2 Å². The van der Waals surface area contributed by atoms with E-state index in [0.717, 1.165) is 17.7 Å². The number of para-hydroxylation sites is 1. The molecule has 0 atom stereocenters. The van der Waals surface area contributed by atoms with Crippen molar-refractivity contribution in [1.82, 2.24) is 0 Å². The third-order valence-electron chi connectivity index (χ3n) is 1.60. The van der Waals surface area contributed by atoms with Crippen molar-refractivity contribution < 1.29 is 4.74 Å². The molecule has 1 aromatic carbocycles. The SMILES string of the molecule is COc1ccccc1CC(S)S. The predicted molar refractivity (Wildman–Crippen MR) is 58.5 cm³/mol. The van der Waals surface area contributed by atoms with Gasteiger partial charge in [-0.2, -0.15) is 25.3 Å². The van der Waals surface area contributed by atoms with Crippen LogP contribution in [-0.2, 0) is 6.42 Å². The lowest BCUT2D eigenvalue weighted by atomic mass is 10.1. The van der Waals surface area contributed by atoms with E-state index in [-0.39, 0.29) is 4.58 Å². The summed E-state index contributed by atoms with van der Waals surface area (Å²) in [4.78, 5) is 0. The van der Waals surface area contributed by atoms with Crippen molar-refractivity contribution in [2.24, 2.45) is 0 Å². The van der Waals surface area contributed by atoms with Gasteiger partial charge in [-0.05, 0) is 18.1 Å². The summed E-state index contributed by atoms with van der Waals surface area (Å²) in [5.74, 6) is 0.908. The molecule has 12 heavy (non-hydrogen) atoms. The fourth-order valence-electron chi connectivity index (χ4n) is 1.07. The van der Waals surface area contributed by atoms with Crippen LogP contribution in [0.15, 0.2) is 24.3 Å². The Labute approximate surface area is 83.9 Å². The Morgan fingerprint density at radius 3 is 2.58 bits per heavy atom. The highest BCUT2D eigenvalue weighted by molar-refractivity contribution is 7.99. The summed E-state index contributed by atoms with van der Waals surface area (Å²) in [5, 5.41) is 0. The Kier molecular flexibility index (Phi) is 3.82. The fourth-order valence-corrected chi connectivity index (χ4v) is 1.46. The van der Waals surface area contributed by atoms with E-state index in [4.69, 9.17) is 4.74 Å². The van der Waals surface area contributed by atoms with E-state index in [9.17, 15) is 0 Å². The zero-order valence-electron chi connectivity index (χ0n) is 6.90.